The molecule has 1 heterocycles. The third-order valence-electron chi connectivity index (χ3n) is 4.06. The fourth-order valence-corrected chi connectivity index (χ4v) is 2.82. The van der Waals surface area contributed by atoms with Gasteiger partial charge >= 0.3 is 5.97 Å². The highest BCUT2D eigenvalue weighted by Gasteiger charge is 2.40. The lowest BCUT2D eigenvalue weighted by molar-refractivity contribution is -0.160. The van der Waals surface area contributed by atoms with Gasteiger partial charge in [-0.15, -0.1) is 0 Å². The molecule has 0 aromatic heterocycles. The number of carbonyl (C=O) groups excluding carboxylic acids is 1. The highest BCUT2D eigenvalue weighted by molar-refractivity contribution is 5.77. The Kier molecular flexibility index (Phi) is 4.40. The molecule has 0 amide bonds. The van der Waals surface area contributed by atoms with Crippen molar-refractivity contribution in [1.82, 2.24) is 0 Å². The van der Waals surface area contributed by atoms with Gasteiger partial charge in [0.15, 0.2) is 0 Å². The highest BCUT2D eigenvalue weighted by Crippen LogP contribution is 2.36. The predicted molar refractivity (Wildman–Crippen MR) is 64.5 cm³/mol. The third-order valence-corrected chi connectivity index (χ3v) is 4.06. The molecule has 17 heavy (non-hydrogen) atoms. The van der Waals surface area contributed by atoms with Crippen LogP contribution in [0.3, 0.4) is 0 Å². The molecule has 0 aromatic carbocycles. The van der Waals surface area contributed by atoms with Crippen LogP contribution in [-0.2, 0) is 14.3 Å². The molecule has 2 aliphatic rings. The van der Waals surface area contributed by atoms with Crippen LogP contribution in [0.15, 0.2) is 0 Å². The van der Waals surface area contributed by atoms with E-state index in [1.165, 1.54) is 6.42 Å². The van der Waals surface area contributed by atoms with Crippen molar-refractivity contribution in [1.29, 1.82) is 0 Å². The van der Waals surface area contributed by atoms with Crippen molar-refractivity contribution in [3.8, 4) is 0 Å². The Morgan fingerprint density at radius 2 is 2.06 bits per heavy atom. The second-order valence-electron chi connectivity index (χ2n) is 5.28. The maximum Gasteiger partial charge on any atom is 0.313 e. The third kappa shape index (κ3) is 2.99. The number of hydrogen-bond acceptors (Lipinski definition) is 4. The first kappa shape index (κ1) is 12.8. The lowest BCUT2D eigenvalue weighted by atomic mass is 9.74. The Hall–Kier alpha value is -0.610. The predicted octanol–water partition coefficient (Wildman–Crippen LogP) is 1.62. The molecule has 0 bridgehead atoms. The molecule has 2 fully saturated rings. The van der Waals surface area contributed by atoms with Gasteiger partial charge in [-0.05, 0) is 25.7 Å². The van der Waals surface area contributed by atoms with Crippen LogP contribution < -0.4 is 5.73 Å². The average Bonchev–Trinajstić information content (AvgIpc) is 2.90. The van der Waals surface area contributed by atoms with Gasteiger partial charge < -0.3 is 15.2 Å². The van der Waals surface area contributed by atoms with E-state index in [1.54, 1.807) is 0 Å². The molecule has 1 saturated heterocycles. The molecule has 98 valence electrons. The summed E-state index contributed by atoms with van der Waals surface area (Å²) in [4.78, 5) is 12.2. The van der Waals surface area contributed by atoms with E-state index in [-0.39, 0.29) is 12.1 Å². The van der Waals surface area contributed by atoms with Crippen molar-refractivity contribution in [2.45, 2.75) is 51.0 Å². The zero-order valence-corrected chi connectivity index (χ0v) is 10.5. The van der Waals surface area contributed by atoms with Gasteiger partial charge in [-0.25, -0.2) is 0 Å². The molecule has 0 aromatic rings. The smallest absolute Gasteiger partial charge is 0.313 e. The Balaban J connectivity index is 1.83. The Morgan fingerprint density at radius 3 is 2.65 bits per heavy atom. The molecule has 1 aliphatic carbocycles. The molecule has 4 heteroatoms. The van der Waals surface area contributed by atoms with Gasteiger partial charge in [0.2, 0.25) is 0 Å². The first-order valence-electron chi connectivity index (χ1n) is 6.76. The van der Waals surface area contributed by atoms with E-state index in [1.807, 2.05) is 0 Å². The molecule has 1 atom stereocenters. The van der Waals surface area contributed by atoms with Crippen LogP contribution in [0.2, 0.25) is 0 Å². The number of esters is 1. The summed E-state index contributed by atoms with van der Waals surface area (Å²) in [5, 5.41) is 0. The standard InChI is InChI=1S/C13H23NO3/c14-10-13(6-2-1-3-7-13)12(15)17-9-11-5-4-8-16-11/h11H,1-10,14H2. The maximum atomic E-state index is 12.2. The normalized spacial score (nSPS) is 27.9. The second kappa shape index (κ2) is 5.83. The van der Waals surface area contributed by atoms with E-state index >= 15 is 0 Å². The monoisotopic (exact) mass is 241 g/mol. The molecule has 4 nitrogen and oxygen atoms in total. The van der Waals surface area contributed by atoms with Crippen LogP contribution in [0.1, 0.15) is 44.9 Å². The van der Waals surface area contributed by atoms with Crippen LogP contribution >= 0.6 is 0 Å². The number of hydrogen-bond donors (Lipinski definition) is 1. The Bertz CT molecular complexity index is 255. The quantitative estimate of drug-likeness (QED) is 0.760. The van der Waals surface area contributed by atoms with Crippen molar-refractivity contribution < 1.29 is 14.3 Å². The number of nitrogens with two attached hydrogens (primary N) is 1. The summed E-state index contributed by atoms with van der Waals surface area (Å²) >= 11 is 0. The summed E-state index contributed by atoms with van der Waals surface area (Å²) in [5.74, 6) is -0.102. The molecule has 1 aliphatic heterocycles. The highest BCUT2D eigenvalue weighted by atomic mass is 16.6. The SMILES string of the molecule is NCC1(C(=O)OCC2CCCO2)CCCCC1. The van der Waals surface area contributed by atoms with Crippen molar-refractivity contribution >= 4 is 5.97 Å². The van der Waals surface area contributed by atoms with Crippen LogP contribution in [0, 0.1) is 5.41 Å². The first-order chi connectivity index (χ1) is 8.27. The molecule has 2 rings (SSSR count). The zero-order chi connectivity index (χ0) is 12.1. The molecular weight excluding hydrogens is 218 g/mol. The zero-order valence-electron chi connectivity index (χ0n) is 10.5. The van der Waals surface area contributed by atoms with E-state index in [0.29, 0.717) is 13.2 Å². The van der Waals surface area contributed by atoms with E-state index in [4.69, 9.17) is 15.2 Å². The van der Waals surface area contributed by atoms with Gasteiger partial charge in [0.1, 0.15) is 6.61 Å². The summed E-state index contributed by atoms with van der Waals surface area (Å²) in [5.41, 5.74) is 5.38. The van der Waals surface area contributed by atoms with Crippen LogP contribution in [0.25, 0.3) is 0 Å². The molecular formula is C13H23NO3. The van der Waals surface area contributed by atoms with Crippen molar-refractivity contribution in [3.63, 3.8) is 0 Å². The minimum Gasteiger partial charge on any atom is -0.462 e. The molecule has 0 spiro atoms. The first-order valence-corrected chi connectivity index (χ1v) is 6.76. The van der Waals surface area contributed by atoms with Crippen LogP contribution in [-0.4, -0.2) is 31.8 Å². The van der Waals surface area contributed by atoms with Gasteiger partial charge in [-0.3, -0.25) is 4.79 Å². The fourth-order valence-electron chi connectivity index (χ4n) is 2.82. The number of carbonyl (C=O) groups is 1. The molecule has 1 unspecified atom stereocenters. The lowest BCUT2D eigenvalue weighted by Gasteiger charge is -2.33. The van der Waals surface area contributed by atoms with E-state index in [0.717, 1.165) is 45.1 Å². The topological polar surface area (TPSA) is 61.6 Å². The molecule has 2 N–H and O–H groups in total. The Morgan fingerprint density at radius 1 is 1.29 bits per heavy atom. The maximum absolute atomic E-state index is 12.2. The largest absolute Gasteiger partial charge is 0.462 e. The van der Waals surface area contributed by atoms with E-state index < -0.39 is 5.41 Å². The minimum atomic E-state index is -0.406. The van der Waals surface area contributed by atoms with E-state index in [2.05, 4.69) is 0 Å². The summed E-state index contributed by atoms with van der Waals surface area (Å²) in [6.07, 6.45) is 7.34. The minimum absolute atomic E-state index is 0.102. The number of ether oxygens (including phenoxy) is 2. The van der Waals surface area contributed by atoms with Crippen molar-refractivity contribution in [2.24, 2.45) is 11.1 Å². The fraction of sp³-hybridized carbons (Fsp3) is 0.923. The van der Waals surface area contributed by atoms with Crippen molar-refractivity contribution in [3.05, 3.63) is 0 Å². The van der Waals surface area contributed by atoms with Crippen molar-refractivity contribution in [2.75, 3.05) is 19.8 Å². The van der Waals surface area contributed by atoms with Gasteiger partial charge in [-0.1, -0.05) is 19.3 Å². The summed E-state index contributed by atoms with van der Waals surface area (Å²) in [6.45, 7) is 1.61. The van der Waals surface area contributed by atoms with Gasteiger partial charge in [0.05, 0.1) is 11.5 Å². The summed E-state index contributed by atoms with van der Waals surface area (Å²) < 4.78 is 10.9. The van der Waals surface area contributed by atoms with Crippen LogP contribution in [0.5, 0.6) is 0 Å². The molecule has 1 saturated carbocycles. The van der Waals surface area contributed by atoms with E-state index in [9.17, 15) is 4.79 Å². The average molecular weight is 241 g/mol. The van der Waals surface area contributed by atoms with Gasteiger partial charge in [0, 0.05) is 13.2 Å². The summed E-state index contributed by atoms with van der Waals surface area (Å²) in [7, 11) is 0. The second-order valence-corrected chi connectivity index (χ2v) is 5.28. The van der Waals surface area contributed by atoms with Crippen LogP contribution in [0.4, 0.5) is 0 Å². The van der Waals surface area contributed by atoms with Gasteiger partial charge in [-0.2, -0.15) is 0 Å². The van der Waals surface area contributed by atoms with Gasteiger partial charge in [0.25, 0.3) is 0 Å². The Labute approximate surface area is 103 Å². The molecule has 0 radical (unpaired) electrons. The summed E-state index contributed by atoms with van der Waals surface area (Å²) in [6, 6.07) is 0. The number of rotatable bonds is 4. The lowest BCUT2D eigenvalue weighted by Crippen LogP contribution is -2.42.